The predicted molar refractivity (Wildman–Crippen MR) is 35.6 cm³/mol. The van der Waals surface area contributed by atoms with Crippen molar-refractivity contribution in [3.63, 3.8) is 0 Å². The van der Waals surface area contributed by atoms with Gasteiger partial charge in [-0.25, -0.2) is 0 Å². The van der Waals surface area contributed by atoms with Crippen LogP contribution >= 0.6 is 8.18 Å². The first-order valence-corrected chi connectivity index (χ1v) is 4.01. The summed E-state index contributed by atoms with van der Waals surface area (Å²) in [5.74, 6) is 0. The zero-order valence-electron chi connectivity index (χ0n) is 5.47. The van der Waals surface area contributed by atoms with Gasteiger partial charge in [-0.3, -0.25) is 0 Å². The lowest BCUT2D eigenvalue weighted by molar-refractivity contribution is 0.211. The molecule has 0 aromatic heterocycles. The molecule has 0 aromatic carbocycles. The average molecular weight is 168 g/mol. The third-order valence-electron chi connectivity index (χ3n) is 0.958. The minimum atomic E-state index is -2.41. The molecule has 5 nitrogen and oxygen atoms in total. The molecule has 3 N–H and O–H groups in total. The molecule has 0 rings (SSSR count). The van der Waals surface area contributed by atoms with Crippen LogP contribution in [0.25, 0.3) is 0 Å². The van der Waals surface area contributed by atoms with E-state index >= 15 is 0 Å². The van der Waals surface area contributed by atoms with Crippen LogP contribution in [0.4, 0.5) is 0 Å². The summed E-state index contributed by atoms with van der Waals surface area (Å²) in [7, 11) is -2.41. The zero-order chi connectivity index (χ0) is 7.98. The molecule has 0 heterocycles. The number of hydrogen-bond acceptors (Lipinski definition) is 3. The Kier molecular flexibility index (Phi) is 5.67. The molecule has 0 spiro atoms. The molecule has 0 aliphatic heterocycles. The lowest BCUT2D eigenvalue weighted by atomic mass is 10.6. The van der Waals surface area contributed by atoms with E-state index in [1.165, 1.54) is 0 Å². The first kappa shape index (κ1) is 9.94. The van der Waals surface area contributed by atoms with Crippen molar-refractivity contribution < 1.29 is 19.7 Å². The van der Waals surface area contributed by atoms with Crippen LogP contribution in [-0.4, -0.2) is 46.1 Å². The molecule has 0 aliphatic rings. The van der Waals surface area contributed by atoms with Gasteiger partial charge < -0.3 is 10.2 Å². The molecule has 0 bridgehead atoms. The van der Waals surface area contributed by atoms with E-state index < -0.39 is 8.18 Å². The minimum Gasteiger partial charge on any atom is -0.395 e. The van der Waals surface area contributed by atoms with Crippen LogP contribution in [0.5, 0.6) is 0 Å². The largest absolute Gasteiger partial charge is 0.613 e. The summed E-state index contributed by atoms with van der Waals surface area (Å²) in [6.07, 6.45) is 0. The lowest BCUT2D eigenvalue weighted by Crippen LogP contribution is -2.22. The van der Waals surface area contributed by atoms with E-state index in [1.54, 1.807) is 0 Å². The van der Waals surface area contributed by atoms with Crippen molar-refractivity contribution in [2.45, 2.75) is 0 Å². The fraction of sp³-hybridized carbons (Fsp3) is 1.00. The van der Waals surface area contributed by atoms with Crippen molar-refractivity contribution in [3.05, 3.63) is 0 Å². The molecule has 1 unspecified atom stereocenters. The highest BCUT2D eigenvalue weighted by Crippen LogP contribution is 2.18. The van der Waals surface area contributed by atoms with Crippen LogP contribution in [0.3, 0.4) is 0 Å². The Balaban J connectivity index is 3.61. The molecule has 0 saturated carbocycles. The second kappa shape index (κ2) is 5.70. The van der Waals surface area contributed by atoms with Crippen LogP contribution in [0.2, 0.25) is 0 Å². The molecule has 6 heteroatoms. The highest BCUT2D eigenvalue weighted by Gasteiger charge is 2.23. The molecule has 0 aromatic rings. The van der Waals surface area contributed by atoms with Crippen molar-refractivity contribution in [2.24, 2.45) is 0 Å². The quantitative estimate of drug-likeness (QED) is 0.455. The predicted octanol–water partition coefficient (Wildman–Crippen LogP) is -1.08. The number of aliphatic hydroxyl groups excluding tert-OH is 2. The van der Waals surface area contributed by atoms with Gasteiger partial charge in [-0.2, -0.15) is 0 Å². The number of aliphatic hydroxyl groups is 2. The van der Waals surface area contributed by atoms with Gasteiger partial charge >= 0.3 is 8.18 Å². The van der Waals surface area contributed by atoms with Gasteiger partial charge in [0.2, 0.25) is 0 Å². The van der Waals surface area contributed by atoms with Gasteiger partial charge in [0.05, 0.1) is 26.3 Å². The highest BCUT2D eigenvalue weighted by molar-refractivity contribution is 7.35. The SMILES string of the molecule is O=[P+](O)N(CCO)CCO. The number of nitrogens with zero attached hydrogens (tertiary/aromatic N) is 1. The summed E-state index contributed by atoms with van der Waals surface area (Å²) in [6, 6.07) is 0. The molecule has 0 fully saturated rings. The van der Waals surface area contributed by atoms with E-state index in [2.05, 4.69) is 0 Å². The summed E-state index contributed by atoms with van der Waals surface area (Å²) >= 11 is 0. The molecule has 1 atom stereocenters. The van der Waals surface area contributed by atoms with E-state index in [0.29, 0.717) is 0 Å². The standard InChI is InChI=1S/C4H10NO4P/c6-3-1-5(2-4-7)10(8)9/h6-7H,1-4H2/p+1. The average Bonchev–Trinajstić information content (AvgIpc) is 1.87. The molecular formula is C4H11NO4P+. The minimum absolute atomic E-state index is 0.117. The van der Waals surface area contributed by atoms with Crippen molar-refractivity contribution in [3.8, 4) is 0 Å². The van der Waals surface area contributed by atoms with Gasteiger partial charge in [-0.05, 0) is 4.57 Å². The topological polar surface area (TPSA) is 81.0 Å². The molecular weight excluding hydrogens is 157 g/mol. The van der Waals surface area contributed by atoms with Gasteiger partial charge in [0.1, 0.15) is 0 Å². The molecule has 0 saturated heterocycles. The Morgan fingerprint density at radius 3 is 1.80 bits per heavy atom. The Labute approximate surface area is 59.8 Å². The van der Waals surface area contributed by atoms with E-state index in [0.717, 1.165) is 4.67 Å². The van der Waals surface area contributed by atoms with Crippen LogP contribution in [-0.2, 0) is 4.57 Å². The summed E-state index contributed by atoms with van der Waals surface area (Å²) in [5, 5.41) is 16.7. The Morgan fingerprint density at radius 1 is 1.20 bits per heavy atom. The van der Waals surface area contributed by atoms with Crippen molar-refractivity contribution >= 4 is 8.18 Å². The smallest absolute Gasteiger partial charge is 0.395 e. The third kappa shape index (κ3) is 3.87. The molecule has 0 aliphatic carbocycles. The monoisotopic (exact) mass is 168 g/mol. The van der Waals surface area contributed by atoms with Crippen molar-refractivity contribution in [1.82, 2.24) is 4.67 Å². The van der Waals surface area contributed by atoms with Gasteiger partial charge in [-0.15, -0.1) is 4.89 Å². The lowest BCUT2D eigenvalue weighted by Gasteiger charge is -2.02. The summed E-state index contributed by atoms with van der Waals surface area (Å²) in [4.78, 5) is 8.49. The molecule has 0 amide bonds. The second-order valence-corrected chi connectivity index (χ2v) is 2.72. The Bertz CT molecular complexity index is 103. The Morgan fingerprint density at radius 2 is 1.60 bits per heavy atom. The van der Waals surface area contributed by atoms with E-state index in [4.69, 9.17) is 15.1 Å². The maximum absolute atomic E-state index is 10.3. The fourth-order valence-corrected chi connectivity index (χ4v) is 1.03. The summed E-state index contributed by atoms with van der Waals surface area (Å²) in [6.45, 7) is -0.123. The van der Waals surface area contributed by atoms with E-state index in [-0.39, 0.29) is 26.3 Å². The summed E-state index contributed by atoms with van der Waals surface area (Å²) < 4.78 is 11.4. The number of hydrogen-bond donors (Lipinski definition) is 3. The maximum atomic E-state index is 10.3. The van der Waals surface area contributed by atoms with Crippen molar-refractivity contribution in [1.29, 1.82) is 0 Å². The van der Waals surface area contributed by atoms with Crippen LogP contribution in [0.15, 0.2) is 0 Å². The van der Waals surface area contributed by atoms with Crippen LogP contribution in [0.1, 0.15) is 0 Å². The second-order valence-electron chi connectivity index (χ2n) is 1.65. The van der Waals surface area contributed by atoms with Crippen LogP contribution < -0.4 is 0 Å². The van der Waals surface area contributed by atoms with E-state index in [9.17, 15) is 4.57 Å². The van der Waals surface area contributed by atoms with Gasteiger partial charge in [-0.1, -0.05) is 4.67 Å². The molecule has 10 heavy (non-hydrogen) atoms. The first-order chi connectivity index (χ1) is 4.72. The van der Waals surface area contributed by atoms with Gasteiger partial charge in [0.15, 0.2) is 0 Å². The van der Waals surface area contributed by atoms with Gasteiger partial charge in [0, 0.05) is 0 Å². The Hall–Kier alpha value is -0.0600. The normalized spacial score (nSPS) is 12.2. The van der Waals surface area contributed by atoms with Crippen molar-refractivity contribution in [2.75, 3.05) is 26.3 Å². The fourth-order valence-electron chi connectivity index (χ4n) is 0.514. The first-order valence-electron chi connectivity index (χ1n) is 2.85. The van der Waals surface area contributed by atoms with Crippen LogP contribution in [0, 0.1) is 0 Å². The zero-order valence-corrected chi connectivity index (χ0v) is 6.37. The third-order valence-corrected chi connectivity index (χ3v) is 1.84. The summed E-state index contributed by atoms with van der Waals surface area (Å²) in [5.41, 5.74) is 0. The van der Waals surface area contributed by atoms with E-state index in [1.807, 2.05) is 0 Å². The number of rotatable bonds is 5. The highest BCUT2D eigenvalue weighted by atomic mass is 31.1. The molecule has 60 valence electrons. The maximum Gasteiger partial charge on any atom is 0.613 e. The molecule has 0 radical (unpaired) electrons. The van der Waals surface area contributed by atoms with Gasteiger partial charge in [0.25, 0.3) is 0 Å².